The Hall–Kier alpha value is 5.28. The van der Waals surface area contributed by atoms with Crippen LogP contribution in [0.3, 0.4) is 0 Å². The summed E-state index contributed by atoms with van der Waals surface area (Å²) in [6.07, 6.45) is 0. The average Bonchev–Trinajstić information content (AvgIpc) is 1.98. The van der Waals surface area contributed by atoms with E-state index in [0.717, 1.165) is 0 Å². The molecule has 0 aromatic heterocycles. The Labute approximate surface area is 193 Å². The molecule has 0 unspecified atom stereocenters. The van der Waals surface area contributed by atoms with E-state index in [1.54, 1.807) is 0 Å². The quantitative estimate of drug-likeness (QED) is 0.249. The summed E-state index contributed by atoms with van der Waals surface area (Å²) in [5, 5.41) is 0. The molecule has 0 aliphatic heterocycles. The molecule has 0 amide bonds. The van der Waals surface area contributed by atoms with Gasteiger partial charge >= 0.3 is 0 Å². The van der Waals surface area contributed by atoms with Crippen LogP contribution in [0.5, 0.6) is 0 Å². The summed E-state index contributed by atoms with van der Waals surface area (Å²) >= 11 is 39.0. The lowest BCUT2D eigenvalue weighted by Crippen LogP contribution is -2.58. The molecule has 0 aliphatic rings. The SMILES string of the molecule is [CH2]C(Br)(Br)C(Br)(Br)C(Br)(Br)C(Br)(Br)C(Br)(Br)Br. The van der Waals surface area contributed by atoms with Gasteiger partial charge in [0.15, 0.2) is 2.14 Å². The predicted octanol–water partition coefficient (Wildman–Crippen LogP) is 8.60. The lowest BCUT2D eigenvalue weighted by atomic mass is 10.2. The van der Waals surface area contributed by atoms with Crippen LogP contribution in [0.25, 0.3) is 0 Å². The van der Waals surface area contributed by atoms with Crippen LogP contribution in [0, 0.1) is 6.92 Å². The van der Waals surface area contributed by atoms with Crippen LogP contribution < -0.4 is 0 Å². The highest BCUT2D eigenvalue weighted by Crippen LogP contribution is 2.71. The van der Waals surface area contributed by atoms with E-state index < -0.39 is 15.1 Å². The molecule has 0 spiro atoms. The Morgan fingerprint density at radius 1 is 0.471 bits per heavy atom. The molecule has 0 nitrogen and oxygen atoms in total. The van der Waals surface area contributed by atoms with E-state index >= 15 is 0 Å². The highest BCUT2D eigenvalue weighted by atomic mass is 80.0. The summed E-state index contributed by atoms with van der Waals surface area (Å²) in [6, 6.07) is 0. The van der Waals surface area contributed by atoms with Gasteiger partial charge in [-0.2, -0.15) is 0 Å². The maximum Gasteiger partial charge on any atom is 0.162 e. The maximum absolute atomic E-state index is 4.00. The Morgan fingerprint density at radius 2 is 0.765 bits per heavy atom. The number of hydrogen-bond donors (Lipinski definition) is 0. The van der Waals surface area contributed by atoms with Crippen molar-refractivity contribution in [2.24, 2.45) is 0 Å². The number of hydrogen-bond acceptors (Lipinski definition) is 0. The third kappa shape index (κ3) is 4.64. The lowest BCUT2D eigenvalue weighted by molar-refractivity contribution is 0.705. The van der Waals surface area contributed by atoms with Crippen LogP contribution in [0.4, 0.5) is 0 Å². The van der Waals surface area contributed by atoms with Crippen molar-refractivity contribution in [3.63, 3.8) is 0 Å². The fourth-order valence-electron chi connectivity index (χ4n) is 0.605. The smallest absolute Gasteiger partial charge is 0.0701 e. The van der Waals surface area contributed by atoms with E-state index in [1.165, 1.54) is 0 Å². The maximum atomic E-state index is 4.00. The van der Waals surface area contributed by atoms with Gasteiger partial charge in [-0.1, -0.05) is 175 Å². The van der Waals surface area contributed by atoms with Crippen molar-refractivity contribution in [3.8, 4) is 0 Å². The molecular formula is C6H2Br11. The Kier molecular flexibility index (Phi) is 9.22. The molecule has 0 saturated carbocycles. The van der Waals surface area contributed by atoms with Crippen LogP contribution >= 0.6 is 175 Å². The number of halogens is 11. The first-order valence-corrected chi connectivity index (χ1v) is 12.2. The van der Waals surface area contributed by atoms with Crippen molar-refractivity contribution < 1.29 is 0 Å². The molecule has 0 aromatic rings. The molecule has 0 saturated heterocycles. The van der Waals surface area contributed by atoms with Gasteiger partial charge in [-0.25, -0.2) is 0 Å². The minimum atomic E-state index is -0.745. The zero-order valence-corrected chi connectivity index (χ0v) is 24.8. The largest absolute Gasteiger partial charge is 0.162 e. The Bertz CT molecular complexity index is 251. The zero-order valence-electron chi connectivity index (χ0n) is 7.36. The second kappa shape index (κ2) is 7.03. The van der Waals surface area contributed by atoms with Gasteiger partial charge < -0.3 is 0 Å². The summed E-state index contributed by atoms with van der Waals surface area (Å²) in [6.45, 7) is 4.00. The van der Waals surface area contributed by atoms with E-state index in [2.05, 4.69) is 182 Å². The minimum Gasteiger partial charge on any atom is -0.0701 e. The lowest BCUT2D eigenvalue weighted by Gasteiger charge is -2.50. The van der Waals surface area contributed by atoms with Crippen LogP contribution in [0.1, 0.15) is 0 Å². The normalized spacial score (nSPS) is 16.2. The zero-order chi connectivity index (χ0) is 14.5. The number of alkyl halides is 11. The fraction of sp³-hybridized carbons (Fsp3) is 0.833. The minimum absolute atomic E-state index is 0.648. The molecule has 11 heteroatoms. The van der Waals surface area contributed by atoms with Gasteiger partial charge in [0, 0.05) is 0 Å². The van der Waals surface area contributed by atoms with Crippen molar-refractivity contribution >= 4 is 175 Å². The summed E-state index contributed by atoms with van der Waals surface area (Å²) < 4.78 is -3.54. The molecule has 0 aliphatic carbocycles. The Morgan fingerprint density at radius 3 is 0.941 bits per heavy atom. The molecule has 0 rings (SSSR count). The van der Waals surface area contributed by atoms with Crippen LogP contribution in [0.2, 0.25) is 0 Å². The predicted molar refractivity (Wildman–Crippen MR) is 117 cm³/mol. The van der Waals surface area contributed by atoms with Gasteiger partial charge in [0.2, 0.25) is 0 Å². The van der Waals surface area contributed by atoms with Gasteiger partial charge in [-0.3, -0.25) is 0 Å². The van der Waals surface area contributed by atoms with Crippen LogP contribution in [0.15, 0.2) is 0 Å². The van der Waals surface area contributed by atoms with E-state index in [1.807, 2.05) is 0 Å². The fourth-order valence-corrected chi connectivity index (χ4v) is 8.28. The third-order valence-corrected chi connectivity index (χ3v) is 21.5. The molecule has 103 valence electrons. The summed E-state index contributed by atoms with van der Waals surface area (Å²) in [7, 11) is 0. The highest BCUT2D eigenvalue weighted by Gasteiger charge is 2.68. The second-order valence-electron chi connectivity index (χ2n) is 2.93. The van der Waals surface area contributed by atoms with Crippen LogP contribution in [-0.2, 0) is 0 Å². The first-order valence-electron chi connectivity index (χ1n) is 3.43. The van der Waals surface area contributed by atoms with Gasteiger partial charge in [-0.05, 0) is 6.92 Å². The van der Waals surface area contributed by atoms with Gasteiger partial charge in [-0.15, -0.1) is 0 Å². The molecular weight excluding hydrogens is 951 g/mol. The molecule has 0 aromatic carbocycles. The third-order valence-electron chi connectivity index (χ3n) is 1.60. The average molecular weight is 953 g/mol. The summed E-state index contributed by atoms with van der Waals surface area (Å²) in [4.78, 5) is 0. The molecule has 0 N–H and O–H groups in total. The second-order valence-corrected chi connectivity index (χ2v) is 23.8. The van der Waals surface area contributed by atoms with Crippen LogP contribution in [-0.4, -0.2) is 15.1 Å². The van der Waals surface area contributed by atoms with Gasteiger partial charge in [0.25, 0.3) is 0 Å². The molecule has 0 heterocycles. The van der Waals surface area contributed by atoms with E-state index in [-0.39, 0.29) is 0 Å². The molecule has 0 bridgehead atoms. The number of rotatable bonds is 3. The first kappa shape index (κ1) is 22.3. The van der Waals surface area contributed by atoms with Gasteiger partial charge in [0.05, 0.1) is 0 Å². The van der Waals surface area contributed by atoms with Crippen molar-refractivity contribution in [2.75, 3.05) is 0 Å². The summed E-state index contributed by atoms with van der Waals surface area (Å²) in [5.74, 6) is 0. The van der Waals surface area contributed by atoms with E-state index in [0.29, 0.717) is 0 Å². The van der Waals surface area contributed by atoms with Crippen molar-refractivity contribution in [1.82, 2.24) is 0 Å². The van der Waals surface area contributed by atoms with E-state index in [9.17, 15) is 0 Å². The monoisotopic (exact) mass is 942 g/mol. The highest BCUT2D eigenvalue weighted by molar-refractivity contribution is 9.42. The standard InChI is InChI=1S/C6H2Br11/c1-2(7,8)3(9,10)4(11,12)5(13,14)6(15,16)17/h1H2. The first-order chi connectivity index (χ1) is 7.00. The Balaban J connectivity index is 5.73. The molecule has 0 fully saturated rings. The molecule has 17 heavy (non-hydrogen) atoms. The van der Waals surface area contributed by atoms with Gasteiger partial charge in [0.1, 0.15) is 12.9 Å². The topological polar surface area (TPSA) is 0 Å². The molecule has 0 atom stereocenters. The molecule has 1 radical (unpaired) electrons. The van der Waals surface area contributed by atoms with Crippen molar-refractivity contribution in [3.05, 3.63) is 6.92 Å². The van der Waals surface area contributed by atoms with Crippen molar-refractivity contribution in [1.29, 1.82) is 0 Å². The summed E-state index contributed by atoms with van der Waals surface area (Å²) in [5.41, 5.74) is 0. The van der Waals surface area contributed by atoms with Crippen molar-refractivity contribution in [2.45, 2.75) is 15.1 Å². The van der Waals surface area contributed by atoms with E-state index in [4.69, 9.17) is 0 Å².